The van der Waals surface area contributed by atoms with Gasteiger partial charge in [-0.15, -0.1) is 11.3 Å². The predicted molar refractivity (Wildman–Crippen MR) is 119 cm³/mol. The maximum absolute atomic E-state index is 12.8. The molecule has 0 saturated carbocycles. The Bertz CT molecular complexity index is 997. The van der Waals surface area contributed by atoms with E-state index in [1.807, 2.05) is 72.1 Å². The van der Waals surface area contributed by atoms with Crippen LogP contribution < -0.4 is 10.1 Å². The lowest BCUT2D eigenvalue weighted by Crippen LogP contribution is -2.30. The second kappa shape index (κ2) is 11.0. The number of esters is 1. The number of benzene rings is 2. The highest BCUT2D eigenvalue weighted by Crippen LogP contribution is 2.25. The summed E-state index contributed by atoms with van der Waals surface area (Å²) in [5.41, 5.74) is 1.80. The molecule has 154 valence electrons. The van der Waals surface area contributed by atoms with Gasteiger partial charge in [0.25, 0.3) is 5.91 Å². The van der Waals surface area contributed by atoms with Crippen LogP contribution in [0.1, 0.15) is 16.0 Å². The monoisotopic (exact) mass is 421 g/mol. The quantitative estimate of drug-likeness (QED) is 0.320. The molecule has 3 aromatic rings. The van der Waals surface area contributed by atoms with Gasteiger partial charge in [-0.1, -0.05) is 54.6 Å². The molecule has 0 aliphatic carbocycles. The van der Waals surface area contributed by atoms with Gasteiger partial charge < -0.3 is 14.8 Å². The average Bonchev–Trinajstić information content (AvgIpc) is 3.30. The molecule has 1 heterocycles. The molecular formula is C24H23NO4S. The predicted octanol–water partition coefficient (Wildman–Crippen LogP) is 4.20. The molecule has 0 bridgehead atoms. The molecule has 1 aromatic heterocycles. The highest BCUT2D eigenvalue weighted by molar-refractivity contribution is 7.09. The molecule has 0 spiro atoms. The van der Waals surface area contributed by atoms with Crippen molar-refractivity contribution < 1.29 is 19.1 Å². The lowest BCUT2D eigenvalue weighted by molar-refractivity contribution is -0.142. The summed E-state index contributed by atoms with van der Waals surface area (Å²) in [6.07, 6.45) is 2.46. The molecule has 0 radical (unpaired) electrons. The summed E-state index contributed by atoms with van der Waals surface area (Å²) in [5.74, 6) is -0.254. The molecule has 0 unspecified atom stereocenters. The summed E-state index contributed by atoms with van der Waals surface area (Å²) in [6.45, 7) is 0.166. The van der Waals surface area contributed by atoms with Crippen molar-refractivity contribution in [2.45, 2.75) is 6.42 Å². The van der Waals surface area contributed by atoms with Crippen molar-refractivity contribution in [2.24, 2.45) is 0 Å². The van der Waals surface area contributed by atoms with E-state index < -0.39 is 5.97 Å². The van der Waals surface area contributed by atoms with Crippen LogP contribution in [0.4, 0.5) is 0 Å². The third-order valence-electron chi connectivity index (χ3n) is 4.35. The second-order valence-electron chi connectivity index (χ2n) is 6.42. The summed E-state index contributed by atoms with van der Waals surface area (Å²) in [4.78, 5) is 26.1. The van der Waals surface area contributed by atoms with Crippen LogP contribution in [-0.2, 0) is 20.7 Å². The number of thiophene rings is 1. The molecule has 1 N–H and O–H groups in total. The van der Waals surface area contributed by atoms with E-state index in [-0.39, 0.29) is 12.5 Å². The van der Waals surface area contributed by atoms with Crippen molar-refractivity contribution in [1.82, 2.24) is 5.32 Å². The first-order valence-corrected chi connectivity index (χ1v) is 10.4. The molecular weight excluding hydrogens is 398 g/mol. The summed E-state index contributed by atoms with van der Waals surface area (Å²) in [5, 5.41) is 4.77. The first kappa shape index (κ1) is 21.3. The molecule has 0 aliphatic rings. The normalized spacial score (nSPS) is 11.0. The fourth-order valence-corrected chi connectivity index (χ4v) is 3.57. The Labute approximate surface area is 180 Å². The van der Waals surface area contributed by atoms with Gasteiger partial charge in [-0.2, -0.15) is 0 Å². The van der Waals surface area contributed by atoms with E-state index in [1.54, 1.807) is 24.5 Å². The number of para-hydroxylation sites is 1. The van der Waals surface area contributed by atoms with Gasteiger partial charge in [0.1, 0.15) is 5.75 Å². The summed E-state index contributed by atoms with van der Waals surface area (Å²) in [6, 6.07) is 20.6. The van der Waals surface area contributed by atoms with Crippen LogP contribution in [0.25, 0.3) is 11.6 Å². The Morgan fingerprint density at radius 2 is 1.77 bits per heavy atom. The first-order valence-electron chi connectivity index (χ1n) is 9.53. The molecule has 6 heteroatoms. The number of carbonyl (C=O) groups excluding carboxylic acids is 2. The van der Waals surface area contributed by atoms with E-state index >= 15 is 0 Å². The van der Waals surface area contributed by atoms with Crippen molar-refractivity contribution in [3.8, 4) is 5.75 Å². The molecule has 5 nitrogen and oxygen atoms in total. The first-order chi connectivity index (χ1) is 14.7. The average molecular weight is 422 g/mol. The van der Waals surface area contributed by atoms with Gasteiger partial charge in [-0.25, -0.2) is 4.79 Å². The van der Waals surface area contributed by atoms with Gasteiger partial charge >= 0.3 is 5.97 Å². The van der Waals surface area contributed by atoms with E-state index in [9.17, 15) is 9.59 Å². The minimum atomic E-state index is -0.569. The molecule has 30 heavy (non-hydrogen) atoms. The summed E-state index contributed by atoms with van der Waals surface area (Å²) >= 11 is 1.64. The molecule has 0 saturated heterocycles. The second-order valence-corrected chi connectivity index (χ2v) is 7.45. The Morgan fingerprint density at radius 1 is 1.00 bits per heavy atom. The van der Waals surface area contributed by atoms with Crippen LogP contribution in [0.15, 0.2) is 72.1 Å². The number of methoxy groups -OCH3 is 1. The van der Waals surface area contributed by atoms with Gasteiger partial charge in [0.2, 0.25) is 0 Å². The van der Waals surface area contributed by atoms with Crippen molar-refractivity contribution in [1.29, 1.82) is 0 Å². The Morgan fingerprint density at radius 3 is 2.50 bits per heavy atom. The standard InChI is InChI=1S/C24H23NO4S/c1-28-22-12-6-5-10-19(22)16-21(18-8-3-2-4-9-18)24(27)29-17-23(26)25-14-13-20-11-7-15-30-20/h2-12,15-16H,13-14,17H2,1H3,(H,25,26)/b21-16+. The van der Waals surface area contributed by atoms with Crippen molar-refractivity contribution in [3.63, 3.8) is 0 Å². The Kier molecular flexibility index (Phi) is 7.80. The van der Waals surface area contributed by atoms with Gasteiger partial charge in [0.05, 0.1) is 12.7 Å². The minimum absolute atomic E-state index is 0.329. The van der Waals surface area contributed by atoms with Crippen LogP contribution in [0, 0.1) is 0 Å². The van der Waals surface area contributed by atoms with Crippen LogP contribution in [-0.4, -0.2) is 32.1 Å². The van der Waals surface area contributed by atoms with E-state index in [1.165, 1.54) is 4.88 Å². The van der Waals surface area contributed by atoms with Crippen molar-refractivity contribution in [3.05, 3.63) is 88.1 Å². The number of ether oxygens (including phenoxy) is 2. The number of hydrogen-bond acceptors (Lipinski definition) is 5. The van der Waals surface area contributed by atoms with Crippen LogP contribution >= 0.6 is 11.3 Å². The van der Waals surface area contributed by atoms with E-state index in [2.05, 4.69) is 5.32 Å². The fourth-order valence-electron chi connectivity index (χ4n) is 2.86. The number of nitrogens with one attached hydrogen (secondary N) is 1. The molecule has 0 atom stereocenters. The van der Waals surface area contributed by atoms with Crippen LogP contribution in [0.3, 0.4) is 0 Å². The van der Waals surface area contributed by atoms with Gasteiger partial charge in [-0.3, -0.25) is 4.79 Å². The molecule has 3 rings (SSSR count). The van der Waals surface area contributed by atoms with Crippen LogP contribution in [0.2, 0.25) is 0 Å². The minimum Gasteiger partial charge on any atom is -0.496 e. The van der Waals surface area contributed by atoms with Crippen LogP contribution in [0.5, 0.6) is 5.75 Å². The Balaban J connectivity index is 1.67. The molecule has 0 fully saturated rings. The zero-order valence-corrected chi connectivity index (χ0v) is 17.5. The maximum Gasteiger partial charge on any atom is 0.339 e. The highest BCUT2D eigenvalue weighted by Gasteiger charge is 2.16. The fraction of sp³-hybridized carbons (Fsp3) is 0.167. The van der Waals surface area contributed by atoms with E-state index in [0.717, 1.165) is 12.0 Å². The zero-order valence-electron chi connectivity index (χ0n) is 16.7. The van der Waals surface area contributed by atoms with E-state index in [0.29, 0.717) is 23.4 Å². The molecule has 0 aliphatic heterocycles. The summed E-state index contributed by atoms with van der Waals surface area (Å²) in [7, 11) is 1.58. The molecule has 1 amide bonds. The summed E-state index contributed by atoms with van der Waals surface area (Å²) < 4.78 is 10.7. The number of amides is 1. The number of rotatable bonds is 9. The Hall–Kier alpha value is -3.38. The zero-order chi connectivity index (χ0) is 21.2. The lowest BCUT2D eigenvalue weighted by Gasteiger charge is -2.11. The largest absolute Gasteiger partial charge is 0.496 e. The SMILES string of the molecule is COc1ccccc1/C=C(/C(=O)OCC(=O)NCCc1cccs1)c1ccccc1. The van der Waals surface area contributed by atoms with Gasteiger partial charge in [-0.05, 0) is 35.6 Å². The van der Waals surface area contributed by atoms with Gasteiger partial charge in [0.15, 0.2) is 6.61 Å². The smallest absolute Gasteiger partial charge is 0.339 e. The third kappa shape index (κ3) is 6.06. The molecule has 2 aromatic carbocycles. The maximum atomic E-state index is 12.8. The van der Waals surface area contributed by atoms with Crippen molar-refractivity contribution in [2.75, 3.05) is 20.3 Å². The number of hydrogen-bond donors (Lipinski definition) is 1. The van der Waals surface area contributed by atoms with Crippen molar-refractivity contribution >= 4 is 34.9 Å². The lowest BCUT2D eigenvalue weighted by atomic mass is 10.0. The van der Waals surface area contributed by atoms with Gasteiger partial charge in [0, 0.05) is 17.0 Å². The topological polar surface area (TPSA) is 64.6 Å². The van der Waals surface area contributed by atoms with E-state index in [4.69, 9.17) is 9.47 Å². The number of carbonyl (C=O) groups is 2. The highest BCUT2D eigenvalue weighted by atomic mass is 32.1. The third-order valence-corrected chi connectivity index (χ3v) is 5.29.